The molecule has 0 bridgehead atoms. The van der Waals surface area contributed by atoms with E-state index in [0.717, 1.165) is 36.8 Å². The maximum absolute atomic E-state index is 13.3. The van der Waals surface area contributed by atoms with Gasteiger partial charge in [0.05, 0.1) is 15.7 Å². The average molecular weight is 269 g/mol. The van der Waals surface area contributed by atoms with Crippen molar-refractivity contribution in [3.8, 4) is 0 Å². The topological polar surface area (TPSA) is 60.2 Å². The summed E-state index contributed by atoms with van der Waals surface area (Å²) in [7, 11) is 0. The van der Waals surface area contributed by atoms with Crippen LogP contribution in [0.25, 0.3) is 0 Å². The summed E-state index contributed by atoms with van der Waals surface area (Å²) in [4.78, 5) is 22.2. The van der Waals surface area contributed by atoms with Crippen molar-refractivity contribution in [3.05, 3.63) is 39.7 Å². The highest BCUT2D eigenvalue weighted by Gasteiger charge is 2.38. The Morgan fingerprint density at radius 1 is 1.50 bits per heavy atom. The van der Waals surface area contributed by atoms with Crippen LogP contribution >= 0.6 is 11.8 Å². The molecule has 1 aromatic rings. The molecule has 0 N–H and O–H groups in total. The maximum Gasteiger partial charge on any atom is 0.273 e. The highest BCUT2D eigenvalue weighted by Crippen LogP contribution is 2.40. The summed E-state index contributed by atoms with van der Waals surface area (Å²) < 4.78 is 12.7. The van der Waals surface area contributed by atoms with Gasteiger partial charge in [0.1, 0.15) is 5.82 Å². The van der Waals surface area contributed by atoms with E-state index in [-0.39, 0.29) is 17.0 Å². The number of ketones is 1. The molecule has 0 saturated carbocycles. The molecule has 1 aromatic carbocycles. The number of benzene rings is 1. The molecule has 1 aliphatic heterocycles. The lowest BCUT2D eigenvalue weighted by molar-refractivity contribution is -0.385. The highest BCUT2D eigenvalue weighted by molar-refractivity contribution is 8.01. The molecule has 1 unspecified atom stereocenters. The van der Waals surface area contributed by atoms with Crippen molar-refractivity contribution in [3.63, 3.8) is 0 Å². The SMILES string of the molecule is CC1(C(=O)c2cc(F)cc([N+](=O)[O-])c2)CCCS1. The first kappa shape index (κ1) is 13.0. The number of non-ortho nitro benzene ring substituents is 1. The summed E-state index contributed by atoms with van der Waals surface area (Å²) in [5.41, 5.74) is -0.302. The number of nitro groups is 1. The molecule has 6 heteroatoms. The average Bonchev–Trinajstić information content (AvgIpc) is 2.75. The van der Waals surface area contributed by atoms with Crippen LogP contribution in [0.1, 0.15) is 30.1 Å². The molecule has 0 aromatic heterocycles. The van der Waals surface area contributed by atoms with Crippen LogP contribution in [-0.2, 0) is 0 Å². The Kier molecular flexibility index (Phi) is 3.38. The normalized spacial score (nSPS) is 23.0. The van der Waals surface area contributed by atoms with Gasteiger partial charge in [-0.3, -0.25) is 14.9 Å². The number of halogens is 1. The minimum Gasteiger partial charge on any atom is -0.293 e. The van der Waals surface area contributed by atoms with E-state index in [1.54, 1.807) is 0 Å². The molecule has 1 aliphatic rings. The Bertz CT molecular complexity index is 512. The van der Waals surface area contributed by atoms with Crippen LogP contribution in [0.5, 0.6) is 0 Å². The molecule has 1 heterocycles. The maximum atomic E-state index is 13.3. The number of Topliss-reactive ketones (excluding diaryl/α,β-unsaturated/α-hetero) is 1. The second-order valence-electron chi connectivity index (χ2n) is 4.47. The van der Waals surface area contributed by atoms with E-state index in [1.807, 2.05) is 6.92 Å². The van der Waals surface area contributed by atoms with Gasteiger partial charge in [0.25, 0.3) is 5.69 Å². The van der Waals surface area contributed by atoms with Gasteiger partial charge in [0.15, 0.2) is 5.78 Å². The zero-order valence-corrected chi connectivity index (χ0v) is 10.6. The molecule has 96 valence electrons. The molecule has 4 nitrogen and oxygen atoms in total. The van der Waals surface area contributed by atoms with Crippen molar-refractivity contribution in [1.82, 2.24) is 0 Å². The lowest BCUT2D eigenvalue weighted by Gasteiger charge is -2.20. The van der Waals surface area contributed by atoms with Crippen LogP contribution in [0, 0.1) is 15.9 Å². The van der Waals surface area contributed by atoms with Gasteiger partial charge in [-0.25, -0.2) is 4.39 Å². The Morgan fingerprint density at radius 3 is 2.78 bits per heavy atom. The van der Waals surface area contributed by atoms with E-state index < -0.39 is 15.5 Å². The smallest absolute Gasteiger partial charge is 0.273 e. The van der Waals surface area contributed by atoms with Crippen molar-refractivity contribution in [2.24, 2.45) is 0 Å². The van der Waals surface area contributed by atoms with Gasteiger partial charge in [-0.05, 0) is 31.6 Å². The third-order valence-electron chi connectivity index (χ3n) is 3.05. The second-order valence-corrected chi connectivity index (χ2v) is 6.07. The van der Waals surface area contributed by atoms with Crippen molar-refractivity contribution in [2.45, 2.75) is 24.5 Å². The summed E-state index contributed by atoms with van der Waals surface area (Å²) in [6, 6.07) is 3.04. The lowest BCUT2D eigenvalue weighted by Crippen LogP contribution is -2.28. The first-order chi connectivity index (χ1) is 8.42. The van der Waals surface area contributed by atoms with Gasteiger partial charge in [-0.2, -0.15) is 0 Å². The van der Waals surface area contributed by atoms with Crippen molar-refractivity contribution < 1.29 is 14.1 Å². The summed E-state index contributed by atoms with van der Waals surface area (Å²) in [5, 5.41) is 10.7. The predicted molar refractivity (Wildman–Crippen MR) is 67.5 cm³/mol. The van der Waals surface area contributed by atoms with Crippen LogP contribution in [0.4, 0.5) is 10.1 Å². The number of thioether (sulfide) groups is 1. The molecule has 0 amide bonds. The second kappa shape index (κ2) is 4.68. The number of hydrogen-bond donors (Lipinski definition) is 0. The lowest BCUT2D eigenvalue weighted by atomic mass is 9.94. The van der Waals surface area contributed by atoms with Crippen LogP contribution in [0.3, 0.4) is 0 Å². The Morgan fingerprint density at radius 2 is 2.22 bits per heavy atom. The Hall–Kier alpha value is -1.43. The number of hydrogen-bond acceptors (Lipinski definition) is 4. The fraction of sp³-hybridized carbons (Fsp3) is 0.417. The van der Waals surface area contributed by atoms with Gasteiger partial charge in [0.2, 0.25) is 0 Å². The predicted octanol–water partition coefficient (Wildman–Crippen LogP) is 3.20. The zero-order valence-electron chi connectivity index (χ0n) is 9.81. The summed E-state index contributed by atoms with van der Waals surface area (Å²) in [6.07, 6.45) is 1.66. The fourth-order valence-electron chi connectivity index (χ4n) is 2.07. The van der Waals surface area contributed by atoms with Crippen LogP contribution in [0.15, 0.2) is 18.2 Å². The van der Waals surface area contributed by atoms with E-state index in [1.165, 1.54) is 11.8 Å². The van der Waals surface area contributed by atoms with Crippen molar-refractivity contribution in [1.29, 1.82) is 0 Å². The third-order valence-corrected chi connectivity index (χ3v) is 4.57. The van der Waals surface area contributed by atoms with Gasteiger partial charge in [-0.1, -0.05) is 0 Å². The minimum atomic E-state index is -0.751. The molecule has 1 atom stereocenters. The highest BCUT2D eigenvalue weighted by atomic mass is 32.2. The fourth-order valence-corrected chi connectivity index (χ4v) is 3.35. The summed E-state index contributed by atoms with van der Waals surface area (Å²) >= 11 is 1.53. The Labute approximate surface area is 108 Å². The van der Waals surface area contributed by atoms with Crippen LogP contribution < -0.4 is 0 Å². The summed E-state index contributed by atoms with van der Waals surface area (Å²) in [5.74, 6) is -0.0913. The largest absolute Gasteiger partial charge is 0.293 e. The molecular weight excluding hydrogens is 257 g/mol. The molecular formula is C12H12FNO3S. The van der Waals surface area contributed by atoms with E-state index in [9.17, 15) is 19.3 Å². The number of carbonyl (C=O) groups is 1. The van der Waals surface area contributed by atoms with Crippen molar-refractivity contribution in [2.75, 3.05) is 5.75 Å². The standard InChI is InChI=1S/C12H12FNO3S/c1-12(3-2-4-18-12)11(15)8-5-9(13)7-10(6-8)14(16)17/h5-7H,2-4H2,1H3. The third kappa shape index (κ3) is 2.38. The first-order valence-electron chi connectivity index (χ1n) is 5.56. The first-order valence-corrected chi connectivity index (χ1v) is 6.55. The van der Waals surface area contributed by atoms with E-state index in [4.69, 9.17) is 0 Å². The van der Waals surface area contributed by atoms with E-state index in [2.05, 4.69) is 0 Å². The number of carbonyl (C=O) groups excluding carboxylic acids is 1. The van der Waals surface area contributed by atoms with Crippen LogP contribution in [-0.4, -0.2) is 21.2 Å². The molecule has 0 radical (unpaired) electrons. The molecule has 2 rings (SSSR count). The molecule has 0 spiro atoms. The van der Waals surface area contributed by atoms with E-state index >= 15 is 0 Å². The Balaban J connectivity index is 2.38. The number of nitro benzene ring substituents is 1. The van der Waals surface area contributed by atoms with Gasteiger partial charge in [0, 0.05) is 11.6 Å². The van der Waals surface area contributed by atoms with Crippen LogP contribution in [0.2, 0.25) is 0 Å². The van der Waals surface area contributed by atoms with Gasteiger partial charge < -0.3 is 0 Å². The molecule has 0 aliphatic carbocycles. The summed E-state index contributed by atoms with van der Waals surface area (Å²) in [6.45, 7) is 1.81. The van der Waals surface area contributed by atoms with Gasteiger partial charge in [-0.15, -0.1) is 11.8 Å². The zero-order chi connectivity index (χ0) is 13.3. The molecule has 1 fully saturated rings. The van der Waals surface area contributed by atoms with Crippen molar-refractivity contribution >= 4 is 23.2 Å². The number of nitrogens with zero attached hydrogens (tertiary/aromatic N) is 1. The molecule has 18 heavy (non-hydrogen) atoms. The quantitative estimate of drug-likeness (QED) is 0.480. The van der Waals surface area contributed by atoms with E-state index in [0.29, 0.717) is 0 Å². The molecule has 1 saturated heterocycles. The minimum absolute atomic E-state index is 0.0820. The monoisotopic (exact) mass is 269 g/mol. The van der Waals surface area contributed by atoms with Gasteiger partial charge >= 0.3 is 0 Å². The number of rotatable bonds is 3.